The van der Waals surface area contributed by atoms with Gasteiger partial charge in [0.05, 0.1) is 24.6 Å². The molecule has 1 amide bonds. The third-order valence-corrected chi connectivity index (χ3v) is 4.34. The molecule has 2 rings (SSSR count). The zero-order chi connectivity index (χ0) is 15.5. The third-order valence-electron chi connectivity index (χ3n) is 4.34. The number of hydrogen-bond donors (Lipinski definition) is 2. The minimum Gasteiger partial charge on any atom is -0.391 e. The summed E-state index contributed by atoms with van der Waals surface area (Å²) in [6.45, 7) is -0.424. The van der Waals surface area contributed by atoms with Crippen LogP contribution in [0.1, 0.15) is 38.5 Å². The van der Waals surface area contributed by atoms with Gasteiger partial charge in [-0.1, -0.05) is 12.8 Å². The number of likely N-dealkylation sites (tertiary alicyclic amines) is 1. The third kappa shape index (κ3) is 5.14. The fourth-order valence-electron chi connectivity index (χ4n) is 3.25. The Labute approximate surface area is 122 Å². The number of rotatable bonds is 3. The number of aliphatic hydroxyl groups excluding tert-OH is 1. The Morgan fingerprint density at radius 1 is 1.19 bits per heavy atom. The summed E-state index contributed by atoms with van der Waals surface area (Å²) in [6, 6.07) is -0.246. The maximum atomic E-state index is 12.4. The fourth-order valence-corrected chi connectivity index (χ4v) is 3.25. The fraction of sp³-hybridized carbons (Fsp3) is 0.929. The van der Waals surface area contributed by atoms with Gasteiger partial charge in [0.15, 0.2) is 0 Å². The van der Waals surface area contributed by atoms with E-state index in [2.05, 4.69) is 5.32 Å². The second-order valence-electron chi connectivity index (χ2n) is 6.16. The van der Waals surface area contributed by atoms with Gasteiger partial charge in [-0.15, -0.1) is 0 Å². The molecule has 21 heavy (non-hydrogen) atoms. The van der Waals surface area contributed by atoms with E-state index in [9.17, 15) is 23.1 Å². The molecule has 2 N–H and O–H groups in total. The van der Waals surface area contributed by atoms with Gasteiger partial charge in [0, 0.05) is 6.54 Å². The van der Waals surface area contributed by atoms with Crippen molar-refractivity contribution in [3.05, 3.63) is 0 Å². The number of halogens is 3. The molecule has 1 aliphatic heterocycles. The summed E-state index contributed by atoms with van der Waals surface area (Å²) in [5.74, 6) is -0.622. The molecule has 0 bridgehead atoms. The molecule has 1 heterocycles. The molecular weight excluding hydrogens is 285 g/mol. The van der Waals surface area contributed by atoms with E-state index in [0.717, 1.165) is 19.3 Å². The zero-order valence-corrected chi connectivity index (χ0v) is 12.0. The number of carbonyl (C=O) groups is 1. The molecule has 7 heteroatoms. The van der Waals surface area contributed by atoms with Crippen molar-refractivity contribution in [1.82, 2.24) is 10.2 Å². The van der Waals surface area contributed by atoms with Crippen LogP contribution in [0.4, 0.5) is 13.2 Å². The Morgan fingerprint density at radius 2 is 1.90 bits per heavy atom. The highest BCUT2D eigenvalue weighted by atomic mass is 19.4. The highest BCUT2D eigenvalue weighted by Crippen LogP contribution is 2.24. The second-order valence-corrected chi connectivity index (χ2v) is 6.16. The molecule has 2 aliphatic rings. The molecule has 1 aliphatic carbocycles. The Morgan fingerprint density at radius 3 is 2.57 bits per heavy atom. The molecule has 1 saturated heterocycles. The summed E-state index contributed by atoms with van der Waals surface area (Å²) < 4.78 is 37.3. The lowest BCUT2D eigenvalue weighted by atomic mass is 9.91. The van der Waals surface area contributed by atoms with Crippen LogP contribution in [0.15, 0.2) is 0 Å². The van der Waals surface area contributed by atoms with Gasteiger partial charge in [-0.25, -0.2) is 0 Å². The van der Waals surface area contributed by atoms with Gasteiger partial charge >= 0.3 is 6.18 Å². The maximum absolute atomic E-state index is 12.4. The van der Waals surface area contributed by atoms with Gasteiger partial charge in [-0.2, -0.15) is 13.2 Å². The van der Waals surface area contributed by atoms with Crippen molar-refractivity contribution in [2.24, 2.45) is 5.92 Å². The lowest BCUT2D eigenvalue weighted by Crippen LogP contribution is -2.51. The van der Waals surface area contributed by atoms with E-state index in [4.69, 9.17) is 0 Å². The average molecular weight is 308 g/mol. The van der Waals surface area contributed by atoms with E-state index >= 15 is 0 Å². The highest BCUT2D eigenvalue weighted by molar-refractivity contribution is 5.79. The molecule has 0 radical (unpaired) electrons. The van der Waals surface area contributed by atoms with Crippen molar-refractivity contribution >= 4 is 5.91 Å². The van der Waals surface area contributed by atoms with Crippen molar-refractivity contribution < 1.29 is 23.1 Å². The van der Waals surface area contributed by atoms with Crippen molar-refractivity contribution in [3.8, 4) is 0 Å². The first kappa shape index (κ1) is 16.5. The van der Waals surface area contributed by atoms with Crippen LogP contribution >= 0.6 is 0 Å². The van der Waals surface area contributed by atoms with E-state index in [1.165, 1.54) is 4.90 Å². The molecule has 122 valence electrons. The molecule has 4 nitrogen and oxygen atoms in total. The minimum absolute atomic E-state index is 0.147. The highest BCUT2D eigenvalue weighted by Gasteiger charge is 2.35. The van der Waals surface area contributed by atoms with Crippen molar-refractivity contribution in [3.63, 3.8) is 0 Å². The lowest BCUT2D eigenvalue weighted by molar-refractivity contribution is -0.152. The Bertz CT molecular complexity index is 363. The number of nitrogens with zero attached hydrogens (tertiary/aromatic N) is 1. The summed E-state index contributed by atoms with van der Waals surface area (Å²) >= 11 is 0. The van der Waals surface area contributed by atoms with Crippen molar-refractivity contribution in [2.75, 3.05) is 19.6 Å². The van der Waals surface area contributed by atoms with E-state index in [1.54, 1.807) is 0 Å². The SMILES string of the molecule is O=C(NC1CCCCC1O)C1CCCN(CC(F)(F)F)C1. The van der Waals surface area contributed by atoms with Gasteiger partial charge in [0.25, 0.3) is 0 Å². The molecule has 3 atom stereocenters. The Hall–Kier alpha value is -0.820. The molecule has 0 aromatic carbocycles. The monoisotopic (exact) mass is 308 g/mol. The van der Waals surface area contributed by atoms with Crippen LogP contribution in [0.2, 0.25) is 0 Å². The van der Waals surface area contributed by atoms with E-state index in [1.807, 2.05) is 0 Å². The van der Waals surface area contributed by atoms with Crippen LogP contribution < -0.4 is 5.32 Å². The minimum atomic E-state index is -4.22. The maximum Gasteiger partial charge on any atom is 0.401 e. The average Bonchev–Trinajstić information content (AvgIpc) is 2.39. The summed E-state index contributed by atoms with van der Waals surface area (Å²) in [4.78, 5) is 13.5. The number of hydrogen-bond acceptors (Lipinski definition) is 3. The van der Waals surface area contributed by atoms with E-state index in [-0.39, 0.29) is 18.5 Å². The molecule has 1 saturated carbocycles. The van der Waals surface area contributed by atoms with Gasteiger partial charge in [-0.05, 0) is 32.2 Å². The smallest absolute Gasteiger partial charge is 0.391 e. The van der Waals surface area contributed by atoms with Gasteiger partial charge in [0.1, 0.15) is 0 Å². The molecule has 0 spiro atoms. The van der Waals surface area contributed by atoms with E-state index < -0.39 is 24.7 Å². The summed E-state index contributed by atoms with van der Waals surface area (Å²) in [7, 11) is 0. The first-order valence-corrected chi connectivity index (χ1v) is 7.63. The number of aliphatic hydroxyl groups is 1. The summed E-state index contributed by atoms with van der Waals surface area (Å²) in [6.07, 6.45) is -0.203. The zero-order valence-electron chi connectivity index (χ0n) is 12.0. The van der Waals surface area contributed by atoms with Gasteiger partial charge in [-0.3, -0.25) is 9.69 Å². The first-order chi connectivity index (χ1) is 9.85. The van der Waals surface area contributed by atoms with Gasteiger partial charge < -0.3 is 10.4 Å². The Balaban J connectivity index is 1.84. The molecule has 3 unspecified atom stereocenters. The molecule has 0 aromatic heterocycles. The predicted octanol–water partition coefficient (Wildman–Crippen LogP) is 1.68. The number of carbonyl (C=O) groups excluding carboxylic acids is 1. The molecule has 2 fully saturated rings. The number of alkyl halides is 3. The van der Waals surface area contributed by atoms with Crippen molar-refractivity contribution in [1.29, 1.82) is 0 Å². The Kier molecular flexibility index (Phi) is 5.48. The number of nitrogens with one attached hydrogen (secondary N) is 1. The normalized spacial score (nSPS) is 31.9. The van der Waals surface area contributed by atoms with Crippen LogP contribution in [0.3, 0.4) is 0 Å². The van der Waals surface area contributed by atoms with Crippen LogP contribution in [0.25, 0.3) is 0 Å². The van der Waals surface area contributed by atoms with Crippen LogP contribution in [-0.4, -0.2) is 53.9 Å². The van der Waals surface area contributed by atoms with Crippen molar-refractivity contribution in [2.45, 2.75) is 56.8 Å². The summed E-state index contributed by atoms with van der Waals surface area (Å²) in [5.41, 5.74) is 0. The van der Waals surface area contributed by atoms with Crippen LogP contribution in [0, 0.1) is 5.92 Å². The van der Waals surface area contributed by atoms with Crippen LogP contribution in [-0.2, 0) is 4.79 Å². The van der Waals surface area contributed by atoms with E-state index in [0.29, 0.717) is 25.8 Å². The summed E-state index contributed by atoms with van der Waals surface area (Å²) in [5, 5.41) is 12.7. The number of piperidine rings is 1. The largest absolute Gasteiger partial charge is 0.401 e. The number of amides is 1. The topological polar surface area (TPSA) is 52.6 Å². The standard InChI is InChI=1S/C14H23F3N2O2/c15-14(16,17)9-19-7-3-4-10(8-19)13(21)18-11-5-1-2-6-12(11)20/h10-12,20H,1-9H2,(H,18,21). The van der Waals surface area contributed by atoms with Crippen LogP contribution in [0.5, 0.6) is 0 Å². The second kappa shape index (κ2) is 6.96. The molecular formula is C14H23F3N2O2. The lowest BCUT2D eigenvalue weighted by Gasteiger charge is -2.34. The quantitative estimate of drug-likeness (QED) is 0.834. The van der Waals surface area contributed by atoms with Gasteiger partial charge in [0.2, 0.25) is 5.91 Å². The first-order valence-electron chi connectivity index (χ1n) is 7.63. The predicted molar refractivity (Wildman–Crippen MR) is 71.6 cm³/mol. The molecule has 0 aromatic rings.